The summed E-state index contributed by atoms with van der Waals surface area (Å²) in [6.45, 7) is 10.7. The zero-order valence-electron chi connectivity index (χ0n) is 19.1. The maximum absolute atomic E-state index is 12.7. The summed E-state index contributed by atoms with van der Waals surface area (Å²) in [5.74, 6) is -0.135. The van der Waals surface area contributed by atoms with Gasteiger partial charge in [0.15, 0.2) is 0 Å². The van der Waals surface area contributed by atoms with Gasteiger partial charge in [0.25, 0.3) is 0 Å². The summed E-state index contributed by atoms with van der Waals surface area (Å²) in [6.07, 6.45) is 3.75. The molecule has 0 unspecified atom stereocenters. The van der Waals surface area contributed by atoms with Crippen molar-refractivity contribution in [1.82, 2.24) is 10.2 Å². The number of piperidine rings is 1. The fourth-order valence-electron chi connectivity index (χ4n) is 3.77. The Balaban J connectivity index is 1.86. The van der Waals surface area contributed by atoms with Gasteiger partial charge >= 0.3 is 18.2 Å². The number of likely N-dealkylation sites (tertiary alicyclic amines) is 1. The first-order valence-electron chi connectivity index (χ1n) is 11.1. The van der Waals surface area contributed by atoms with Gasteiger partial charge in [-0.05, 0) is 39.5 Å². The second-order valence-electron chi connectivity index (χ2n) is 9.83. The Morgan fingerprint density at radius 1 is 1.07 bits per heavy atom. The van der Waals surface area contributed by atoms with Gasteiger partial charge in [-0.1, -0.05) is 33.1 Å². The predicted molar refractivity (Wildman–Crippen MR) is 112 cm³/mol. The summed E-state index contributed by atoms with van der Waals surface area (Å²) >= 11 is 0. The van der Waals surface area contributed by atoms with Crippen molar-refractivity contribution in [2.24, 2.45) is 5.92 Å². The zero-order valence-corrected chi connectivity index (χ0v) is 19.1. The SMILES string of the molecule is CC(C)COC(=O)C1(NC(=O)OC2CCN(C(=O)OC(C)(C)C)CC2)CCCCC1. The van der Waals surface area contributed by atoms with Crippen LogP contribution in [0, 0.1) is 5.92 Å². The lowest BCUT2D eigenvalue weighted by atomic mass is 9.81. The normalized spacial score (nSPS) is 19.9. The van der Waals surface area contributed by atoms with Crippen molar-refractivity contribution >= 4 is 18.2 Å². The summed E-state index contributed by atoms with van der Waals surface area (Å²) in [5.41, 5.74) is -1.54. The van der Waals surface area contributed by atoms with Crippen molar-refractivity contribution in [3.63, 3.8) is 0 Å². The van der Waals surface area contributed by atoms with Crippen LogP contribution in [0.5, 0.6) is 0 Å². The predicted octanol–water partition coefficient (Wildman–Crippen LogP) is 4.01. The molecule has 1 saturated heterocycles. The molecular weight excluding hydrogens is 388 g/mol. The molecule has 1 aliphatic carbocycles. The van der Waals surface area contributed by atoms with Crippen LogP contribution in [0.15, 0.2) is 0 Å². The molecule has 0 aromatic heterocycles. The average molecular weight is 427 g/mol. The number of ether oxygens (including phenoxy) is 3. The second-order valence-corrected chi connectivity index (χ2v) is 9.83. The molecule has 0 aromatic rings. The molecule has 8 heteroatoms. The number of hydrogen-bond donors (Lipinski definition) is 1. The van der Waals surface area contributed by atoms with E-state index in [2.05, 4.69) is 5.32 Å². The number of amides is 2. The van der Waals surface area contributed by atoms with Crippen LogP contribution in [0.2, 0.25) is 0 Å². The molecule has 0 spiro atoms. The highest BCUT2D eigenvalue weighted by molar-refractivity contribution is 5.86. The fourth-order valence-corrected chi connectivity index (χ4v) is 3.77. The van der Waals surface area contributed by atoms with E-state index in [9.17, 15) is 14.4 Å². The van der Waals surface area contributed by atoms with E-state index in [0.717, 1.165) is 19.3 Å². The Hall–Kier alpha value is -1.99. The van der Waals surface area contributed by atoms with Crippen LogP contribution in [0.4, 0.5) is 9.59 Å². The van der Waals surface area contributed by atoms with Crippen molar-refractivity contribution in [1.29, 1.82) is 0 Å². The number of alkyl carbamates (subject to hydrolysis) is 1. The number of carbonyl (C=O) groups is 3. The van der Waals surface area contributed by atoms with Crippen molar-refractivity contribution in [3.8, 4) is 0 Å². The van der Waals surface area contributed by atoms with Crippen molar-refractivity contribution in [2.75, 3.05) is 19.7 Å². The number of nitrogens with one attached hydrogen (secondary N) is 1. The molecule has 30 heavy (non-hydrogen) atoms. The topological polar surface area (TPSA) is 94.2 Å². The summed E-state index contributed by atoms with van der Waals surface area (Å²) in [7, 11) is 0. The third-order valence-corrected chi connectivity index (χ3v) is 5.35. The standard InChI is InChI=1S/C22H38N2O6/c1-16(2)15-28-18(25)22(11-7-6-8-12-22)23-19(26)29-17-9-13-24(14-10-17)20(27)30-21(3,4)5/h16-17H,6-15H2,1-5H3,(H,23,26). The van der Waals surface area contributed by atoms with Crippen molar-refractivity contribution in [2.45, 2.75) is 96.8 Å². The maximum Gasteiger partial charge on any atom is 0.410 e. The highest BCUT2D eigenvalue weighted by Gasteiger charge is 2.43. The molecule has 1 heterocycles. The lowest BCUT2D eigenvalue weighted by Gasteiger charge is -2.37. The largest absolute Gasteiger partial charge is 0.464 e. The van der Waals surface area contributed by atoms with Crippen LogP contribution in [0.25, 0.3) is 0 Å². The number of esters is 1. The number of hydrogen-bond acceptors (Lipinski definition) is 6. The number of carbonyl (C=O) groups excluding carboxylic acids is 3. The smallest absolute Gasteiger partial charge is 0.410 e. The third kappa shape index (κ3) is 7.36. The van der Waals surface area contributed by atoms with Gasteiger partial charge in [-0.25, -0.2) is 14.4 Å². The Labute approximate surface area is 180 Å². The molecule has 172 valence electrons. The average Bonchev–Trinajstić information content (AvgIpc) is 2.65. The molecule has 1 aliphatic heterocycles. The minimum absolute atomic E-state index is 0.233. The van der Waals surface area contributed by atoms with Crippen molar-refractivity contribution < 1.29 is 28.6 Å². The molecule has 1 saturated carbocycles. The van der Waals surface area contributed by atoms with Gasteiger partial charge in [0, 0.05) is 25.9 Å². The van der Waals surface area contributed by atoms with E-state index >= 15 is 0 Å². The van der Waals surface area contributed by atoms with Gasteiger partial charge in [-0.3, -0.25) is 0 Å². The van der Waals surface area contributed by atoms with E-state index in [1.807, 2.05) is 34.6 Å². The highest BCUT2D eigenvalue weighted by Crippen LogP contribution is 2.30. The molecule has 2 amide bonds. The van der Waals surface area contributed by atoms with E-state index in [1.165, 1.54) is 0 Å². The van der Waals surface area contributed by atoms with E-state index < -0.39 is 17.2 Å². The summed E-state index contributed by atoms with van der Waals surface area (Å²) in [4.78, 5) is 39.1. The molecule has 8 nitrogen and oxygen atoms in total. The molecule has 2 fully saturated rings. The van der Waals surface area contributed by atoms with Gasteiger partial charge in [-0.15, -0.1) is 0 Å². The summed E-state index contributed by atoms with van der Waals surface area (Å²) < 4.78 is 16.4. The summed E-state index contributed by atoms with van der Waals surface area (Å²) in [5, 5.41) is 2.83. The van der Waals surface area contributed by atoms with E-state index in [1.54, 1.807) is 4.90 Å². The van der Waals surface area contributed by atoms with Gasteiger partial charge < -0.3 is 24.4 Å². The highest BCUT2D eigenvalue weighted by atomic mass is 16.6. The first kappa shape index (κ1) is 24.3. The molecule has 0 aromatic carbocycles. The Morgan fingerprint density at radius 3 is 2.20 bits per heavy atom. The lowest BCUT2D eigenvalue weighted by Crippen LogP contribution is -2.57. The number of rotatable bonds is 5. The van der Waals surface area contributed by atoms with Crippen LogP contribution in [-0.2, 0) is 19.0 Å². The quantitative estimate of drug-likeness (QED) is 0.527. The summed E-state index contributed by atoms with van der Waals surface area (Å²) in [6, 6.07) is 0. The molecular formula is C22H38N2O6. The third-order valence-electron chi connectivity index (χ3n) is 5.35. The van der Waals surface area contributed by atoms with Crippen LogP contribution >= 0.6 is 0 Å². The minimum Gasteiger partial charge on any atom is -0.464 e. The van der Waals surface area contributed by atoms with E-state index in [-0.39, 0.29) is 24.1 Å². The van der Waals surface area contributed by atoms with Gasteiger partial charge in [0.05, 0.1) is 6.61 Å². The van der Waals surface area contributed by atoms with Crippen LogP contribution in [0.1, 0.15) is 79.6 Å². The van der Waals surface area contributed by atoms with Crippen LogP contribution in [0.3, 0.4) is 0 Å². The minimum atomic E-state index is -0.999. The lowest BCUT2D eigenvalue weighted by molar-refractivity contribution is -0.154. The fraction of sp³-hybridized carbons (Fsp3) is 0.864. The van der Waals surface area contributed by atoms with Crippen LogP contribution in [-0.4, -0.2) is 60.0 Å². The Bertz CT molecular complexity index is 599. The molecule has 0 atom stereocenters. The first-order chi connectivity index (χ1) is 14.0. The molecule has 0 bridgehead atoms. The van der Waals surface area contributed by atoms with Gasteiger partial charge in [0.1, 0.15) is 17.2 Å². The molecule has 2 aliphatic rings. The maximum atomic E-state index is 12.7. The second kappa shape index (κ2) is 10.4. The number of nitrogens with zero attached hydrogens (tertiary/aromatic N) is 1. The molecule has 0 radical (unpaired) electrons. The first-order valence-corrected chi connectivity index (χ1v) is 11.1. The van der Waals surface area contributed by atoms with Gasteiger partial charge in [0.2, 0.25) is 0 Å². The Kier molecular flexibility index (Phi) is 8.38. The monoisotopic (exact) mass is 426 g/mol. The molecule has 1 N–H and O–H groups in total. The molecule has 2 rings (SSSR count). The zero-order chi connectivity index (χ0) is 22.4. The van der Waals surface area contributed by atoms with E-state index in [4.69, 9.17) is 14.2 Å². The Morgan fingerprint density at radius 2 is 1.67 bits per heavy atom. The van der Waals surface area contributed by atoms with Gasteiger partial charge in [-0.2, -0.15) is 0 Å². The van der Waals surface area contributed by atoms with Crippen molar-refractivity contribution in [3.05, 3.63) is 0 Å². The van der Waals surface area contributed by atoms with Crippen LogP contribution < -0.4 is 5.32 Å². The van der Waals surface area contributed by atoms with E-state index in [0.29, 0.717) is 45.4 Å².